The molecule has 1 aliphatic rings. The third-order valence-electron chi connectivity index (χ3n) is 4.91. The molecular weight excluding hydrogens is 342 g/mol. The van der Waals surface area contributed by atoms with Gasteiger partial charge in [0.05, 0.1) is 5.92 Å². The Morgan fingerprint density at radius 1 is 1.07 bits per heavy atom. The van der Waals surface area contributed by atoms with Crippen LogP contribution in [-0.2, 0) is 4.79 Å². The fourth-order valence-corrected chi connectivity index (χ4v) is 3.23. The highest BCUT2D eigenvalue weighted by molar-refractivity contribution is 6.03. The van der Waals surface area contributed by atoms with Gasteiger partial charge in [-0.05, 0) is 25.0 Å². The van der Waals surface area contributed by atoms with Crippen molar-refractivity contribution >= 4 is 11.8 Å². The topological polar surface area (TPSA) is 77.8 Å². The normalized spacial score (nSPS) is 21.6. The lowest BCUT2D eigenvalue weighted by atomic mass is 9.78. The number of aliphatic carboxylic acids is 1. The number of carbonyl (C=O) groups is 2. The minimum absolute atomic E-state index is 0.387. The molecule has 0 amide bonds. The van der Waals surface area contributed by atoms with Crippen molar-refractivity contribution in [3.05, 3.63) is 59.8 Å². The van der Waals surface area contributed by atoms with Gasteiger partial charge in [0.25, 0.3) is 0 Å². The molecule has 2 atom stereocenters. The van der Waals surface area contributed by atoms with E-state index < -0.39 is 23.3 Å². The number of benzene rings is 1. The number of ketones is 1. The van der Waals surface area contributed by atoms with Crippen LogP contribution < -0.4 is 0 Å². The quantitative estimate of drug-likeness (QED) is 0.614. The third kappa shape index (κ3) is 4.86. The maximum Gasteiger partial charge on any atom is 0.340 e. The van der Waals surface area contributed by atoms with Gasteiger partial charge in [-0.2, -0.15) is 0 Å². The molecule has 0 heterocycles. The fraction of sp³-hybridized carbons (Fsp3) is 0.455. The van der Waals surface area contributed by atoms with Crippen molar-refractivity contribution in [2.24, 2.45) is 5.92 Å². The first-order chi connectivity index (χ1) is 12.9. The molecule has 1 aliphatic carbocycles. The summed E-state index contributed by atoms with van der Waals surface area (Å²) in [6.07, 6.45) is 8.65. The second kappa shape index (κ2) is 9.51. The summed E-state index contributed by atoms with van der Waals surface area (Å²) in [5, 5.41) is 20.7. The van der Waals surface area contributed by atoms with Crippen LogP contribution in [0.15, 0.2) is 54.3 Å². The standard InChI is InChI=1S/C22H29NO4/c1-3-5-14-23(15-6-4-2)18-12-13-19(22(27,16-18)21(25)26)20(24)17-10-8-7-9-11-17/h7-13,16,19,27H,3-6,14-15H2,1-2H3,(H,25,26). The summed E-state index contributed by atoms with van der Waals surface area (Å²) in [4.78, 5) is 26.8. The van der Waals surface area contributed by atoms with Gasteiger partial charge in [-0.15, -0.1) is 0 Å². The zero-order chi connectivity index (χ0) is 19.9. The van der Waals surface area contributed by atoms with Crippen molar-refractivity contribution in [1.29, 1.82) is 0 Å². The Hall–Kier alpha value is -2.40. The van der Waals surface area contributed by atoms with Crippen molar-refractivity contribution < 1.29 is 19.8 Å². The highest BCUT2D eigenvalue weighted by Crippen LogP contribution is 2.32. The summed E-state index contributed by atoms with van der Waals surface area (Å²) in [5.41, 5.74) is -1.20. The van der Waals surface area contributed by atoms with Crippen LogP contribution in [0.2, 0.25) is 0 Å². The minimum atomic E-state index is -2.26. The zero-order valence-corrected chi connectivity index (χ0v) is 16.1. The number of Topliss-reactive ketones (excluding diaryl/α,β-unsaturated/α-hetero) is 1. The molecule has 0 fully saturated rings. The van der Waals surface area contributed by atoms with E-state index in [2.05, 4.69) is 18.7 Å². The summed E-state index contributed by atoms with van der Waals surface area (Å²) >= 11 is 0. The number of carboxylic acid groups (broad SMARTS) is 1. The molecular formula is C22H29NO4. The van der Waals surface area contributed by atoms with E-state index in [9.17, 15) is 19.8 Å². The van der Waals surface area contributed by atoms with Gasteiger partial charge in [0.1, 0.15) is 0 Å². The van der Waals surface area contributed by atoms with Gasteiger partial charge >= 0.3 is 5.97 Å². The average Bonchev–Trinajstić information content (AvgIpc) is 2.68. The number of carboxylic acids is 1. The predicted molar refractivity (Wildman–Crippen MR) is 105 cm³/mol. The van der Waals surface area contributed by atoms with Gasteiger partial charge in [-0.3, -0.25) is 4.79 Å². The van der Waals surface area contributed by atoms with Crippen LogP contribution in [0, 0.1) is 5.92 Å². The molecule has 0 spiro atoms. The summed E-state index contributed by atoms with van der Waals surface area (Å²) in [7, 11) is 0. The van der Waals surface area contributed by atoms with Crippen LogP contribution in [0.3, 0.4) is 0 Å². The van der Waals surface area contributed by atoms with E-state index in [1.807, 2.05) is 0 Å². The molecule has 2 N–H and O–H groups in total. The zero-order valence-electron chi connectivity index (χ0n) is 16.1. The molecule has 0 saturated heterocycles. The molecule has 2 unspecified atom stereocenters. The molecule has 146 valence electrons. The average molecular weight is 371 g/mol. The molecule has 0 saturated carbocycles. The molecule has 1 aromatic rings. The number of carbonyl (C=O) groups excluding carboxylic acids is 1. The van der Waals surface area contributed by atoms with Crippen molar-refractivity contribution in [3.8, 4) is 0 Å². The lowest BCUT2D eigenvalue weighted by Crippen LogP contribution is -2.49. The number of hydrogen-bond donors (Lipinski definition) is 2. The van der Waals surface area contributed by atoms with Crippen molar-refractivity contribution in [3.63, 3.8) is 0 Å². The SMILES string of the molecule is CCCCN(CCCC)C1=CC(O)(C(=O)O)C(C(=O)c2ccccc2)C=C1. The largest absolute Gasteiger partial charge is 0.479 e. The third-order valence-corrected chi connectivity index (χ3v) is 4.91. The first-order valence-electron chi connectivity index (χ1n) is 9.65. The van der Waals surface area contributed by atoms with Crippen LogP contribution in [0.25, 0.3) is 0 Å². The predicted octanol–water partition coefficient (Wildman–Crippen LogP) is 3.66. The number of aliphatic hydroxyl groups is 1. The highest BCUT2D eigenvalue weighted by atomic mass is 16.4. The number of hydrogen-bond acceptors (Lipinski definition) is 4. The molecule has 5 heteroatoms. The summed E-state index contributed by atoms with van der Waals surface area (Å²) in [5.74, 6) is -2.97. The van der Waals surface area contributed by atoms with Gasteiger partial charge in [0.15, 0.2) is 11.4 Å². The Morgan fingerprint density at radius 2 is 1.67 bits per heavy atom. The van der Waals surface area contributed by atoms with E-state index in [1.165, 1.54) is 12.2 Å². The van der Waals surface area contributed by atoms with Crippen molar-refractivity contribution in [2.75, 3.05) is 13.1 Å². The Labute approximate surface area is 161 Å². The molecule has 0 bridgehead atoms. The van der Waals surface area contributed by atoms with Gasteiger partial charge in [-0.1, -0.05) is 63.1 Å². The minimum Gasteiger partial charge on any atom is -0.479 e. The van der Waals surface area contributed by atoms with E-state index in [0.29, 0.717) is 11.3 Å². The van der Waals surface area contributed by atoms with E-state index in [-0.39, 0.29) is 0 Å². The Morgan fingerprint density at radius 3 is 2.19 bits per heavy atom. The molecule has 5 nitrogen and oxygen atoms in total. The van der Waals surface area contributed by atoms with Gasteiger partial charge in [0, 0.05) is 24.4 Å². The van der Waals surface area contributed by atoms with E-state index >= 15 is 0 Å². The fourth-order valence-electron chi connectivity index (χ4n) is 3.23. The summed E-state index contributed by atoms with van der Waals surface area (Å²) < 4.78 is 0. The Balaban J connectivity index is 2.34. The van der Waals surface area contributed by atoms with E-state index in [1.54, 1.807) is 36.4 Å². The van der Waals surface area contributed by atoms with E-state index in [0.717, 1.165) is 38.8 Å². The van der Waals surface area contributed by atoms with Crippen molar-refractivity contribution in [1.82, 2.24) is 4.90 Å². The molecule has 27 heavy (non-hydrogen) atoms. The first-order valence-corrected chi connectivity index (χ1v) is 9.65. The maximum atomic E-state index is 12.8. The second-order valence-corrected chi connectivity index (χ2v) is 6.96. The lowest BCUT2D eigenvalue weighted by molar-refractivity contribution is -0.155. The summed E-state index contributed by atoms with van der Waals surface area (Å²) in [6, 6.07) is 8.49. The maximum absolute atomic E-state index is 12.8. The smallest absolute Gasteiger partial charge is 0.340 e. The second-order valence-electron chi connectivity index (χ2n) is 6.96. The van der Waals surface area contributed by atoms with Crippen LogP contribution in [0.1, 0.15) is 49.9 Å². The van der Waals surface area contributed by atoms with Gasteiger partial charge in [-0.25, -0.2) is 4.79 Å². The van der Waals surface area contributed by atoms with E-state index in [4.69, 9.17) is 0 Å². The first kappa shape index (κ1) is 20.9. The Bertz CT molecular complexity index is 702. The molecule has 0 radical (unpaired) electrons. The van der Waals surface area contributed by atoms with Crippen LogP contribution >= 0.6 is 0 Å². The lowest BCUT2D eigenvalue weighted by Gasteiger charge is -2.34. The molecule has 1 aromatic carbocycles. The van der Waals surface area contributed by atoms with Crippen LogP contribution in [0.5, 0.6) is 0 Å². The van der Waals surface area contributed by atoms with Crippen molar-refractivity contribution in [2.45, 2.75) is 45.1 Å². The monoisotopic (exact) mass is 371 g/mol. The number of allylic oxidation sites excluding steroid dienone is 1. The molecule has 2 rings (SSSR count). The number of nitrogens with zero attached hydrogens (tertiary/aromatic N) is 1. The van der Waals surface area contributed by atoms with Gasteiger partial charge in [0.2, 0.25) is 0 Å². The van der Waals surface area contributed by atoms with Crippen LogP contribution in [0.4, 0.5) is 0 Å². The molecule has 0 aromatic heterocycles. The molecule has 0 aliphatic heterocycles. The van der Waals surface area contributed by atoms with Crippen LogP contribution in [-0.4, -0.2) is 45.6 Å². The Kier molecular flexibility index (Phi) is 7.36. The number of rotatable bonds is 10. The highest BCUT2D eigenvalue weighted by Gasteiger charge is 2.47. The van der Waals surface area contributed by atoms with Gasteiger partial charge < -0.3 is 15.1 Å². The summed E-state index contributed by atoms with van der Waals surface area (Å²) in [6.45, 7) is 5.79. The number of unbranched alkanes of at least 4 members (excludes halogenated alkanes) is 2.